The van der Waals surface area contributed by atoms with E-state index in [9.17, 15) is 18.0 Å². The summed E-state index contributed by atoms with van der Waals surface area (Å²) in [5, 5.41) is 8.96. The van der Waals surface area contributed by atoms with Crippen LogP contribution < -0.4 is 0 Å². The molecule has 0 saturated heterocycles. The molecule has 0 aromatic heterocycles. The van der Waals surface area contributed by atoms with Crippen molar-refractivity contribution >= 4 is 5.97 Å². The lowest BCUT2D eigenvalue weighted by molar-refractivity contribution is -0.139. The third-order valence-corrected chi connectivity index (χ3v) is 3.24. The Bertz CT molecular complexity index is 439. The molecule has 1 aromatic rings. The summed E-state index contributed by atoms with van der Waals surface area (Å²) in [6.07, 6.45) is -4.51. The van der Waals surface area contributed by atoms with Crippen LogP contribution in [-0.2, 0) is 11.0 Å². The smallest absolute Gasteiger partial charge is 0.416 e. The molecule has 0 bridgehead atoms. The molecule has 6 heteroatoms. The quantitative estimate of drug-likeness (QED) is 0.870. The van der Waals surface area contributed by atoms with Gasteiger partial charge in [-0.05, 0) is 30.8 Å². The molecule has 0 aliphatic carbocycles. The number of halogens is 3. The summed E-state index contributed by atoms with van der Waals surface area (Å²) in [5.74, 6) is -0.971. The summed E-state index contributed by atoms with van der Waals surface area (Å²) in [6, 6.07) is 4.29. The van der Waals surface area contributed by atoms with E-state index < -0.39 is 23.8 Å². The third-order valence-electron chi connectivity index (χ3n) is 3.24. The van der Waals surface area contributed by atoms with Crippen molar-refractivity contribution in [3.05, 3.63) is 35.4 Å². The molecular formula is C14H18F3NO2. The molecule has 0 aliphatic heterocycles. The Labute approximate surface area is 116 Å². The number of hydrogen-bond acceptors (Lipinski definition) is 2. The second kappa shape index (κ2) is 6.74. The Morgan fingerprint density at radius 2 is 1.70 bits per heavy atom. The first-order chi connectivity index (χ1) is 9.29. The van der Waals surface area contributed by atoms with Crippen molar-refractivity contribution < 1.29 is 23.1 Å². The molecule has 3 nitrogen and oxygen atoms in total. The maximum atomic E-state index is 12.5. The van der Waals surface area contributed by atoms with Crippen LogP contribution in [0.4, 0.5) is 13.2 Å². The predicted octanol–water partition coefficient (Wildman–Crippen LogP) is 3.56. The highest BCUT2D eigenvalue weighted by Gasteiger charge is 2.30. The van der Waals surface area contributed by atoms with E-state index in [1.54, 1.807) is 0 Å². The van der Waals surface area contributed by atoms with Gasteiger partial charge >= 0.3 is 12.1 Å². The van der Waals surface area contributed by atoms with Gasteiger partial charge in [-0.25, -0.2) is 0 Å². The summed E-state index contributed by atoms with van der Waals surface area (Å²) in [4.78, 5) is 12.9. The lowest BCUT2D eigenvalue weighted by Gasteiger charge is -2.29. The van der Waals surface area contributed by atoms with Crippen LogP contribution in [0.15, 0.2) is 24.3 Å². The van der Waals surface area contributed by atoms with E-state index in [1.807, 2.05) is 18.7 Å². The monoisotopic (exact) mass is 289 g/mol. The zero-order valence-corrected chi connectivity index (χ0v) is 11.4. The van der Waals surface area contributed by atoms with E-state index in [1.165, 1.54) is 12.1 Å². The van der Waals surface area contributed by atoms with Gasteiger partial charge in [0.15, 0.2) is 0 Å². The summed E-state index contributed by atoms with van der Waals surface area (Å²) < 4.78 is 37.6. The Morgan fingerprint density at radius 1 is 1.20 bits per heavy atom. The zero-order valence-electron chi connectivity index (χ0n) is 11.4. The van der Waals surface area contributed by atoms with E-state index in [4.69, 9.17) is 5.11 Å². The lowest BCUT2D eigenvalue weighted by atomic mass is 10.00. The van der Waals surface area contributed by atoms with Crippen molar-refractivity contribution in [2.45, 2.75) is 32.5 Å². The minimum atomic E-state index is -4.38. The van der Waals surface area contributed by atoms with Gasteiger partial charge in [0.25, 0.3) is 0 Å². The van der Waals surface area contributed by atoms with Crippen LogP contribution in [0.5, 0.6) is 0 Å². The maximum Gasteiger partial charge on any atom is 0.416 e. The van der Waals surface area contributed by atoms with E-state index in [0.717, 1.165) is 12.1 Å². The molecule has 0 radical (unpaired) electrons. The standard InChI is InChI=1S/C14H18F3NO2/c1-3-18(4-2)12(9-13(19)20)10-5-7-11(8-6-10)14(15,16)17/h5-8,12H,3-4,9H2,1-2H3,(H,19,20). The number of carboxylic acids is 1. The molecule has 1 aromatic carbocycles. The topological polar surface area (TPSA) is 40.5 Å². The average molecular weight is 289 g/mol. The first kappa shape index (κ1) is 16.5. The van der Waals surface area contributed by atoms with Crippen molar-refractivity contribution in [3.63, 3.8) is 0 Å². The van der Waals surface area contributed by atoms with Crippen molar-refractivity contribution in [1.29, 1.82) is 0 Å². The number of alkyl halides is 3. The first-order valence-corrected chi connectivity index (χ1v) is 6.42. The van der Waals surface area contributed by atoms with Crippen LogP contribution in [0.25, 0.3) is 0 Å². The summed E-state index contributed by atoms with van der Waals surface area (Å²) in [7, 11) is 0. The highest BCUT2D eigenvalue weighted by atomic mass is 19.4. The molecule has 1 unspecified atom stereocenters. The SMILES string of the molecule is CCN(CC)C(CC(=O)O)c1ccc(C(F)(F)F)cc1. The molecular weight excluding hydrogens is 271 g/mol. The number of hydrogen-bond donors (Lipinski definition) is 1. The fraction of sp³-hybridized carbons (Fsp3) is 0.500. The summed E-state index contributed by atoms with van der Waals surface area (Å²) in [5.41, 5.74) is -0.140. The van der Waals surface area contributed by atoms with Crippen LogP contribution >= 0.6 is 0 Å². The van der Waals surface area contributed by atoms with Gasteiger partial charge in [0.1, 0.15) is 0 Å². The van der Waals surface area contributed by atoms with E-state index >= 15 is 0 Å². The highest BCUT2D eigenvalue weighted by molar-refractivity contribution is 5.68. The number of benzene rings is 1. The first-order valence-electron chi connectivity index (χ1n) is 6.42. The fourth-order valence-electron chi connectivity index (χ4n) is 2.18. The summed E-state index contributed by atoms with van der Waals surface area (Å²) in [6.45, 7) is 5.05. The Hall–Kier alpha value is -1.56. The number of carbonyl (C=O) groups is 1. The van der Waals surface area contributed by atoms with Gasteiger partial charge in [-0.1, -0.05) is 26.0 Å². The van der Waals surface area contributed by atoms with Crippen molar-refractivity contribution in [2.24, 2.45) is 0 Å². The molecule has 1 atom stereocenters. The lowest BCUT2D eigenvalue weighted by Crippen LogP contribution is -2.30. The molecule has 0 spiro atoms. The minimum Gasteiger partial charge on any atom is -0.481 e. The molecule has 0 saturated carbocycles. The molecule has 0 aliphatic rings. The van der Waals surface area contributed by atoms with Crippen LogP contribution in [0, 0.1) is 0 Å². The summed E-state index contributed by atoms with van der Waals surface area (Å²) >= 11 is 0. The molecule has 0 fully saturated rings. The predicted molar refractivity (Wildman–Crippen MR) is 69.4 cm³/mol. The van der Waals surface area contributed by atoms with Crippen molar-refractivity contribution in [1.82, 2.24) is 4.90 Å². The molecule has 112 valence electrons. The zero-order chi connectivity index (χ0) is 15.3. The number of rotatable bonds is 6. The van der Waals surface area contributed by atoms with Gasteiger partial charge in [0.05, 0.1) is 12.0 Å². The Morgan fingerprint density at radius 3 is 2.05 bits per heavy atom. The van der Waals surface area contributed by atoms with Crippen LogP contribution in [0.3, 0.4) is 0 Å². The Balaban J connectivity index is 3.05. The molecule has 1 rings (SSSR count). The molecule has 1 N–H and O–H groups in total. The van der Waals surface area contributed by atoms with Crippen LogP contribution in [0.2, 0.25) is 0 Å². The fourth-order valence-corrected chi connectivity index (χ4v) is 2.18. The van der Waals surface area contributed by atoms with Crippen LogP contribution in [-0.4, -0.2) is 29.1 Å². The second-order valence-corrected chi connectivity index (χ2v) is 4.45. The van der Waals surface area contributed by atoms with Gasteiger partial charge in [-0.3, -0.25) is 9.69 Å². The van der Waals surface area contributed by atoms with E-state index in [2.05, 4.69) is 0 Å². The van der Waals surface area contributed by atoms with Crippen LogP contribution in [0.1, 0.15) is 37.4 Å². The van der Waals surface area contributed by atoms with Gasteiger partial charge < -0.3 is 5.11 Å². The number of aliphatic carboxylic acids is 1. The van der Waals surface area contributed by atoms with Gasteiger partial charge in [-0.2, -0.15) is 13.2 Å². The third kappa shape index (κ3) is 4.23. The van der Waals surface area contributed by atoms with Gasteiger partial charge in [0, 0.05) is 6.04 Å². The minimum absolute atomic E-state index is 0.132. The largest absolute Gasteiger partial charge is 0.481 e. The highest BCUT2D eigenvalue weighted by Crippen LogP contribution is 2.31. The Kier molecular flexibility index (Phi) is 5.56. The molecule has 20 heavy (non-hydrogen) atoms. The van der Waals surface area contributed by atoms with Crippen molar-refractivity contribution in [3.8, 4) is 0 Å². The van der Waals surface area contributed by atoms with E-state index in [-0.39, 0.29) is 6.42 Å². The normalized spacial score (nSPS) is 13.5. The number of carboxylic acid groups (broad SMARTS) is 1. The van der Waals surface area contributed by atoms with Crippen molar-refractivity contribution in [2.75, 3.05) is 13.1 Å². The molecule has 0 heterocycles. The second-order valence-electron chi connectivity index (χ2n) is 4.45. The number of nitrogens with zero attached hydrogens (tertiary/aromatic N) is 1. The maximum absolute atomic E-state index is 12.5. The average Bonchev–Trinajstić information content (AvgIpc) is 2.37. The molecule has 0 amide bonds. The van der Waals surface area contributed by atoms with E-state index in [0.29, 0.717) is 18.7 Å². The van der Waals surface area contributed by atoms with Gasteiger partial charge in [-0.15, -0.1) is 0 Å². The van der Waals surface area contributed by atoms with Gasteiger partial charge in [0.2, 0.25) is 0 Å².